The molecule has 0 heterocycles. The minimum Gasteiger partial charge on any atom is -0.481 e. The van der Waals surface area contributed by atoms with Gasteiger partial charge in [-0.3, -0.25) is 4.79 Å². The fourth-order valence-corrected chi connectivity index (χ4v) is 1.64. The van der Waals surface area contributed by atoms with Gasteiger partial charge in [-0.05, 0) is 38.3 Å². The van der Waals surface area contributed by atoms with E-state index < -0.39 is 23.6 Å². The molecule has 0 spiro atoms. The molecule has 0 aliphatic heterocycles. The molecule has 1 rings (SSSR count). The number of carboxylic acid groups (broad SMARTS) is 1. The van der Waals surface area contributed by atoms with Crippen molar-refractivity contribution in [2.75, 3.05) is 0 Å². The van der Waals surface area contributed by atoms with E-state index in [4.69, 9.17) is 15.6 Å². The van der Waals surface area contributed by atoms with Crippen LogP contribution in [0.15, 0.2) is 24.3 Å². The summed E-state index contributed by atoms with van der Waals surface area (Å²) >= 11 is 0. The summed E-state index contributed by atoms with van der Waals surface area (Å²) in [6.07, 6.45) is 0.536. The van der Waals surface area contributed by atoms with Gasteiger partial charge in [-0.1, -0.05) is 24.3 Å². The predicted molar refractivity (Wildman–Crippen MR) is 75.2 cm³/mol. The lowest BCUT2D eigenvalue weighted by atomic mass is 10.0. The number of aliphatic carboxylic acids is 1. The zero-order chi connectivity index (χ0) is 15.3. The topological polar surface area (TPSA) is 89.6 Å². The number of hydrogen-bond acceptors (Lipinski definition) is 4. The molecule has 5 nitrogen and oxygen atoms in total. The molecule has 0 radical (unpaired) electrons. The normalized spacial score (nSPS) is 12.8. The summed E-state index contributed by atoms with van der Waals surface area (Å²) in [7, 11) is 0. The van der Waals surface area contributed by atoms with Crippen LogP contribution in [-0.4, -0.2) is 22.6 Å². The molecule has 0 aliphatic rings. The van der Waals surface area contributed by atoms with Crippen LogP contribution < -0.4 is 5.73 Å². The van der Waals surface area contributed by atoms with E-state index in [1.807, 2.05) is 0 Å². The number of rotatable bonds is 5. The number of carbonyl (C=O) groups is 2. The Bertz CT molecular complexity index is 474. The van der Waals surface area contributed by atoms with E-state index in [0.717, 1.165) is 5.56 Å². The zero-order valence-electron chi connectivity index (χ0n) is 12.1. The van der Waals surface area contributed by atoms with Crippen molar-refractivity contribution in [1.82, 2.24) is 0 Å². The van der Waals surface area contributed by atoms with Crippen LogP contribution in [0.3, 0.4) is 0 Å². The van der Waals surface area contributed by atoms with Gasteiger partial charge in [-0.15, -0.1) is 0 Å². The zero-order valence-corrected chi connectivity index (χ0v) is 12.1. The van der Waals surface area contributed by atoms with Gasteiger partial charge in [0.25, 0.3) is 0 Å². The van der Waals surface area contributed by atoms with Crippen LogP contribution in [0.2, 0.25) is 0 Å². The maximum absolute atomic E-state index is 11.8. The van der Waals surface area contributed by atoms with E-state index in [1.54, 1.807) is 45.0 Å². The number of carboxylic acids is 1. The molecule has 110 valence electrons. The molecule has 0 aliphatic carbocycles. The molecule has 1 unspecified atom stereocenters. The van der Waals surface area contributed by atoms with Crippen molar-refractivity contribution in [3.05, 3.63) is 35.4 Å². The van der Waals surface area contributed by atoms with E-state index in [-0.39, 0.29) is 6.42 Å². The number of hydrogen-bond donors (Lipinski definition) is 2. The molecule has 1 atom stereocenters. The third-order valence-corrected chi connectivity index (χ3v) is 2.63. The van der Waals surface area contributed by atoms with Gasteiger partial charge < -0.3 is 15.6 Å². The fraction of sp³-hybridized carbons (Fsp3) is 0.467. The van der Waals surface area contributed by atoms with E-state index in [9.17, 15) is 9.59 Å². The lowest BCUT2D eigenvalue weighted by Crippen LogP contribution is -2.31. The highest BCUT2D eigenvalue weighted by molar-refractivity contribution is 5.77. The molecule has 0 saturated carbocycles. The minimum atomic E-state index is -0.834. The molecule has 20 heavy (non-hydrogen) atoms. The standard InChI is InChI=1S/C15H21NO4/c1-15(2,3)20-14(19)13(16)11-7-4-10(5-8-11)6-9-12(17)18/h4-5,7-8,13H,6,9,16H2,1-3H3,(H,17,18). The maximum Gasteiger partial charge on any atom is 0.328 e. The molecule has 5 heteroatoms. The number of benzene rings is 1. The van der Waals surface area contributed by atoms with Gasteiger partial charge in [0.2, 0.25) is 0 Å². The number of esters is 1. The molecule has 0 fully saturated rings. The van der Waals surface area contributed by atoms with Crippen LogP contribution in [0, 0.1) is 0 Å². The van der Waals surface area contributed by atoms with Crippen LogP contribution in [-0.2, 0) is 20.7 Å². The lowest BCUT2D eigenvalue weighted by Gasteiger charge is -2.22. The third-order valence-electron chi connectivity index (χ3n) is 2.63. The second kappa shape index (κ2) is 6.52. The van der Waals surface area contributed by atoms with Gasteiger partial charge in [-0.2, -0.15) is 0 Å². The highest BCUT2D eigenvalue weighted by Crippen LogP contribution is 2.17. The van der Waals surface area contributed by atoms with Crippen LogP contribution in [0.1, 0.15) is 44.4 Å². The van der Waals surface area contributed by atoms with Gasteiger partial charge in [0.1, 0.15) is 11.6 Å². The second-order valence-corrected chi connectivity index (χ2v) is 5.65. The summed E-state index contributed by atoms with van der Waals surface area (Å²) in [5.74, 6) is -1.31. The molecule has 1 aromatic carbocycles. The van der Waals surface area contributed by atoms with Crippen molar-refractivity contribution < 1.29 is 19.4 Å². The predicted octanol–water partition coefficient (Wildman–Crippen LogP) is 2.05. The minimum absolute atomic E-state index is 0.0808. The number of ether oxygens (including phenoxy) is 1. The van der Waals surface area contributed by atoms with Crippen molar-refractivity contribution >= 4 is 11.9 Å². The Labute approximate surface area is 118 Å². The number of aryl methyl sites for hydroxylation is 1. The van der Waals surface area contributed by atoms with Gasteiger partial charge in [0, 0.05) is 6.42 Å². The highest BCUT2D eigenvalue weighted by atomic mass is 16.6. The van der Waals surface area contributed by atoms with Crippen LogP contribution in [0.4, 0.5) is 0 Å². The third kappa shape index (κ3) is 5.40. The monoisotopic (exact) mass is 279 g/mol. The quantitative estimate of drug-likeness (QED) is 0.805. The van der Waals surface area contributed by atoms with E-state index in [2.05, 4.69) is 0 Å². The molecular weight excluding hydrogens is 258 g/mol. The van der Waals surface area contributed by atoms with E-state index >= 15 is 0 Å². The Morgan fingerprint density at radius 1 is 1.25 bits per heavy atom. The largest absolute Gasteiger partial charge is 0.481 e. The smallest absolute Gasteiger partial charge is 0.328 e. The number of carbonyl (C=O) groups excluding carboxylic acids is 1. The summed E-state index contributed by atoms with van der Waals surface area (Å²) in [5.41, 5.74) is 6.82. The average molecular weight is 279 g/mol. The summed E-state index contributed by atoms with van der Waals surface area (Å²) < 4.78 is 5.22. The average Bonchev–Trinajstić information content (AvgIpc) is 2.34. The molecule has 3 N–H and O–H groups in total. The van der Waals surface area contributed by atoms with Gasteiger partial charge in [-0.25, -0.2) is 4.79 Å². The first kappa shape index (κ1) is 16.2. The summed E-state index contributed by atoms with van der Waals surface area (Å²) in [6, 6.07) is 6.19. The highest BCUT2D eigenvalue weighted by Gasteiger charge is 2.23. The Kier molecular flexibility index (Phi) is 5.27. The molecule has 0 bridgehead atoms. The van der Waals surface area contributed by atoms with E-state index in [0.29, 0.717) is 12.0 Å². The van der Waals surface area contributed by atoms with E-state index in [1.165, 1.54) is 0 Å². The van der Waals surface area contributed by atoms with Crippen molar-refractivity contribution in [1.29, 1.82) is 0 Å². The molecule has 0 amide bonds. The molecular formula is C15H21NO4. The Morgan fingerprint density at radius 3 is 2.25 bits per heavy atom. The van der Waals surface area contributed by atoms with Crippen molar-refractivity contribution in [3.8, 4) is 0 Å². The van der Waals surface area contributed by atoms with Crippen LogP contribution in [0.5, 0.6) is 0 Å². The lowest BCUT2D eigenvalue weighted by molar-refractivity contribution is -0.156. The first-order valence-electron chi connectivity index (χ1n) is 6.48. The Morgan fingerprint density at radius 2 is 1.80 bits per heavy atom. The maximum atomic E-state index is 11.8. The fourth-order valence-electron chi connectivity index (χ4n) is 1.64. The second-order valence-electron chi connectivity index (χ2n) is 5.65. The SMILES string of the molecule is CC(C)(C)OC(=O)C(N)c1ccc(CCC(=O)O)cc1. The van der Waals surface area contributed by atoms with Gasteiger partial charge >= 0.3 is 11.9 Å². The first-order chi connectivity index (χ1) is 9.19. The first-order valence-corrected chi connectivity index (χ1v) is 6.48. The molecule has 0 saturated heterocycles. The Hall–Kier alpha value is -1.88. The number of nitrogens with two attached hydrogens (primary N) is 1. The Balaban J connectivity index is 2.68. The summed E-state index contributed by atoms with van der Waals surface area (Å²) in [5, 5.41) is 8.62. The molecule has 1 aromatic rings. The van der Waals surface area contributed by atoms with Crippen molar-refractivity contribution in [3.63, 3.8) is 0 Å². The van der Waals surface area contributed by atoms with Gasteiger partial charge in [0.15, 0.2) is 0 Å². The van der Waals surface area contributed by atoms with Crippen LogP contribution >= 0.6 is 0 Å². The van der Waals surface area contributed by atoms with Crippen molar-refractivity contribution in [2.45, 2.75) is 45.3 Å². The molecule has 0 aromatic heterocycles. The van der Waals surface area contributed by atoms with Crippen molar-refractivity contribution in [2.24, 2.45) is 5.73 Å². The summed E-state index contributed by atoms with van der Waals surface area (Å²) in [6.45, 7) is 5.35. The van der Waals surface area contributed by atoms with Gasteiger partial charge in [0.05, 0.1) is 0 Å². The van der Waals surface area contributed by atoms with Crippen LogP contribution in [0.25, 0.3) is 0 Å². The summed E-state index contributed by atoms with van der Waals surface area (Å²) in [4.78, 5) is 22.3.